The summed E-state index contributed by atoms with van der Waals surface area (Å²) in [5, 5.41) is 16.5. The molecule has 0 unspecified atom stereocenters. The highest BCUT2D eigenvalue weighted by molar-refractivity contribution is 7.08. The summed E-state index contributed by atoms with van der Waals surface area (Å²) in [5.41, 5.74) is 4.20. The van der Waals surface area contributed by atoms with E-state index in [4.69, 9.17) is 0 Å². The molecule has 1 fully saturated rings. The van der Waals surface area contributed by atoms with Gasteiger partial charge in [-0.25, -0.2) is 0 Å². The van der Waals surface area contributed by atoms with Crippen molar-refractivity contribution in [3.8, 4) is 11.4 Å². The topological polar surface area (TPSA) is 34.0 Å². The van der Waals surface area contributed by atoms with Crippen LogP contribution in [-0.2, 0) is 19.4 Å². The lowest BCUT2D eigenvalue weighted by Gasteiger charge is -2.31. The molecule has 4 aromatic rings. The Hall–Kier alpha value is -2.50. The van der Waals surface area contributed by atoms with E-state index in [1.54, 1.807) is 11.3 Å². The van der Waals surface area contributed by atoms with Crippen LogP contribution in [0.15, 0.2) is 53.2 Å². The molecule has 0 amide bonds. The second kappa shape index (κ2) is 8.21. The summed E-state index contributed by atoms with van der Waals surface area (Å²) >= 11 is 1.79. The lowest BCUT2D eigenvalue weighted by Crippen LogP contribution is -2.35. The van der Waals surface area contributed by atoms with Crippen molar-refractivity contribution in [2.24, 2.45) is 0 Å². The van der Waals surface area contributed by atoms with Crippen molar-refractivity contribution in [2.45, 2.75) is 44.6 Å². The number of piperidine rings is 1. The van der Waals surface area contributed by atoms with E-state index in [9.17, 15) is 0 Å². The van der Waals surface area contributed by atoms with Gasteiger partial charge in [-0.15, -0.1) is 10.2 Å². The molecular weight excluding hydrogens is 400 g/mol. The molecule has 6 rings (SSSR count). The Morgan fingerprint density at radius 2 is 1.81 bits per heavy atom. The zero-order valence-corrected chi connectivity index (χ0v) is 18.7. The number of thiophene rings is 1. The van der Waals surface area contributed by atoms with Gasteiger partial charge in [0.15, 0.2) is 5.82 Å². The Morgan fingerprint density at radius 3 is 2.71 bits per heavy atom. The van der Waals surface area contributed by atoms with Crippen LogP contribution in [0, 0.1) is 0 Å². The minimum absolute atomic E-state index is 0.540. The van der Waals surface area contributed by atoms with Crippen LogP contribution in [0.4, 0.5) is 0 Å². The van der Waals surface area contributed by atoms with Gasteiger partial charge in [0, 0.05) is 30.0 Å². The van der Waals surface area contributed by atoms with Gasteiger partial charge >= 0.3 is 0 Å². The lowest BCUT2D eigenvalue weighted by molar-refractivity contribution is 0.209. The molecule has 0 radical (unpaired) electrons. The first kappa shape index (κ1) is 19.2. The van der Waals surface area contributed by atoms with Crippen LogP contribution >= 0.6 is 11.3 Å². The van der Waals surface area contributed by atoms with Crippen molar-refractivity contribution in [2.75, 3.05) is 19.6 Å². The molecule has 0 atom stereocenters. The third-order valence-corrected chi connectivity index (χ3v) is 7.87. The Kier molecular flexibility index (Phi) is 5.09. The van der Waals surface area contributed by atoms with Gasteiger partial charge in [-0.05, 0) is 72.5 Å². The molecule has 0 spiro atoms. The van der Waals surface area contributed by atoms with E-state index < -0.39 is 0 Å². The Labute approximate surface area is 187 Å². The summed E-state index contributed by atoms with van der Waals surface area (Å²) in [6, 6.07) is 15.5. The molecule has 2 aliphatic heterocycles. The van der Waals surface area contributed by atoms with Gasteiger partial charge in [-0.1, -0.05) is 42.5 Å². The number of hydrogen-bond donors (Lipinski definition) is 0. The molecule has 2 aromatic heterocycles. The van der Waals surface area contributed by atoms with Gasteiger partial charge in [-0.2, -0.15) is 11.3 Å². The summed E-state index contributed by atoms with van der Waals surface area (Å²) in [6.45, 7) is 4.51. The fourth-order valence-corrected chi connectivity index (χ4v) is 6.14. The molecule has 0 aliphatic carbocycles. The highest BCUT2D eigenvalue weighted by atomic mass is 32.1. The standard InChI is InChI=1S/C26H28N4S/c1-2-5-22-16-19(7-8-20(22)4-1)9-13-29-14-10-21(11-15-29)25-27-28-26-24-18-31-17-23(24)6-3-12-30(25)26/h1-2,4-5,7-8,16-18,21H,3,6,9-15H2. The van der Waals surface area contributed by atoms with Gasteiger partial charge < -0.3 is 9.47 Å². The Bertz CT molecular complexity index is 1200. The molecule has 1 saturated heterocycles. The molecule has 2 aromatic carbocycles. The van der Waals surface area contributed by atoms with E-state index in [-0.39, 0.29) is 0 Å². The maximum atomic E-state index is 4.69. The van der Waals surface area contributed by atoms with E-state index in [0.29, 0.717) is 5.92 Å². The van der Waals surface area contributed by atoms with Gasteiger partial charge in [-0.3, -0.25) is 0 Å². The molecule has 2 aliphatic rings. The first-order chi connectivity index (χ1) is 15.3. The number of aromatic nitrogens is 3. The van der Waals surface area contributed by atoms with Crippen LogP contribution in [0.3, 0.4) is 0 Å². The predicted octanol–water partition coefficient (Wildman–Crippen LogP) is 5.53. The summed E-state index contributed by atoms with van der Waals surface area (Å²) in [6.07, 6.45) is 5.84. The van der Waals surface area contributed by atoms with Crippen molar-refractivity contribution in [1.29, 1.82) is 0 Å². The van der Waals surface area contributed by atoms with Crippen molar-refractivity contribution in [3.05, 3.63) is 70.2 Å². The number of fused-ring (bicyclic) bond motifs is 4. The summed E-state index contributed by atoms with van der Waals surface area (Å²) in [5.74, 6) is 2.86. The van der Waals surface area contributed by atoms with Crippen LogP contribution in [0.5, 0.6) is 0 Å². The zero-order chi connectivity index (χ0) is 20.6. The highest BCUT2D eigenvalue weighted by Gasteiger charge is 2.28. The minimum Gasteiger partial charge on any atom is -0.311 e. The highest BCUT2D eigenvalue weighted by Crippen LogP contribution is 2.34. The molecule has 4 heterocycles. The van der Waals surface area contributed by atoms with E-state index in [1.807, 2.05) is 0 Å². The fourth-order valence-electron chi connectivity index (χ4n) is 5.27. The van der Waals surface area contributed by atoms with Gasteiger partial charge in [0.05, 0.1) is 0 Å². The third kappa shape index (κ3) is 3.70. The number of benzene rings is 2. The molecule has 0 saturated carbocycles. The molecule has 0 N–H and O–H groups in total. The van der Waals surface area contributed by atoms with Crippen molar-refractivity contribution in [3.63, 3.8) is 0 Å². The third-order valence-electron chi connectivity index (χ3n) is 7.07. The second-order valence-corrected chi connectivity index (χ2v) is 9.74. The number of hydrogen-bond acceptors (Lipinski definition) is 4. The first-order valence-electron chi connectivity index (χ1n) is 11.5. The SMILES string of the molecule is c1ccc2cc(CCN3CCC(c4nnc5n4CCCc4cscc4-5)CC3)ccc2c1. The van der Waals surface area contributed by atoms with Gasteiger partial charge in [0.2, 0.25) is 0 Å². The van der Waals surface area contributed by atoms with Crippen molar-refractivity contribution in [1.82, 2.24) is 19.7 Å². The summed E-state index contributed by atoms with van der Waals surface area (Å²) < 4.78 is 2.42. The molecule has 31 heavy (non-hydrogen) atoms. The van der Waals surface area contributed by atoms with E-state index in [0.717, 1.165) is 44.8 Å². The maximum Gasteiger partial charge on any atom is 0.165 e. The normalized spacial score (nSPS) is 17.4. The molecular formula is C26H28N4S. The minimum atomic E-state index is 0.540. The van der Waals surface area contributed by atoms with Gasteiger partial charge in [0.1, 0.15) is 5.82 Å². The zero-order valence-electron chi connectivity index (χ0n) is 17.8. The van der Waals surface area contributed by atoms with E-state index >= 15 is 0 Å². The lowest BCUT2D eigenvalue weighted by atomic mass is 9.95. The number of nitrogens with zero attached hydrogens (tertiary/aromatic N) is 4. The molecule has 5 heteroatoms. The predicted molar refractivity (Wildman–Crippen MR) is 128 cm³/mol. The summed E-state index contributed by atoms with van der Waals surface area (Å²) in [7, 11) is 0. The smallest absolute Gasteiger partial charge is 0.165 e. The Balaban J connectivity index is 1.10. The van der Waals surface area contributed by atoms with Crippen LogP contribution in [0.1, 0.15) is 42.1 Å². The molecule has 0 bridgehead atoms. The second-order valence-electron chi connectivity index (χ2n) is 9.00. The molecule has 4 nitrogen and oxygen atoms in total. The maximum absolute atomic E-state index is 4.69. The van der Waals surface area contributed by atoms with Crippen LogP contribution < -0.4 is 0 Å². The average molecular weight is 429 g/mol. The summed E-state index contributed by atoms with van der Waals surface area (Å²) in [4.78, 5) is 2.63. The Morgan fingerprint density at radius 1 is 0.935 bits per heavy atom. The first-order valence-corrected chi connectivity index (χ1v) is 12.5. The number of aryl methyl sites for hydroxylation is 1. The molecule has 158 valence electrons. The largest absolute Gasteiger partial charge is 0.311 e. The fraction of sp³-hybridized carbons (Fsp3) is 0.385. The van der Waals surface area contributed by atoms with E-state index in [1.165, 1.54) is 52.5 Å². The number of rotatable bonds is 4. The van der Waals surface area contributed by atoms with Crippen molar-refractivity contribution < 1.29 is 0 Å². The van der Waals surface area contributed by atoms with Crippen LogP contribution in [-0.4, -0.2) is 39.3 Å². The van der Waals surface area contributed by atoms with Gasteiger partial charge in [0.25, 0.3) is 0 Å². The van der Waals surface area contributed by atoms with Crippen molar-refractivity contribution >= 4 is 22.1 Å². The van der Waals surface area contributed by atoms with Crippen LogP contribution in [0.2, 0.25) is 0 Å². The van der Waals surface area contributed by atoms with Crippen LogP contribution in [0.25, 0.3) is 22.2 Å². The quantitative estimate of drug-likeness (QED) is 0.429. The number of likely N-dealkylation sites (tertiary alicyclic amines) is 1. The monoisotopic (exact) mass is 428 g/mol. The average Bonchev–Trinajstić information content (AvgIpc) is 3.41. The van der Waals surface area contributed by atoms with E-state index in [2.05, 4.69) is 72.9 Å².